The third kappa shape index (κ3) is 3.32. The molecule has 16 heavy (non-hydrogen) atoms. The van der Waals surface area contributed by atoms with Crippen molar-refractivity contribution in [2.45, 2.75) is 39.3 Å². The van der Waals surface area contributed by atoms with E-state index in [0.717, 1.165) is 12.0 Å². The molecule has 0 aromatic carbocycles. The molecule has 0 aliphatic carbocycles. The smallest absolute Gasteiger partial charge is 0.249 e. The number of nitrogens with zero attached hydrogens (tertiary/aromatic N) is 1. The molecule has 1 amide bonds. The molecular weight excluding hydrogens is 204 g/mol. The summed E-state index contributed by atoms with van der Waals surface area (Å²) >= 11 is 0. The standard InChI is InChI=1S/C12H22N2O2/c1-4-5-9(2)12(15)14-6-7-16-11(8-14)10(3)13/h5,10-11H,4,6-8,13H2,1-3H3/b9-5-. The van der Waals surface area contributed by atoms with Crippen molar-refractivity contribution in [2.24, 2.45) is 5.73 Å². The lowest BCUT2D eigenvalue weighted by molar-refractivity contribution is -0.135. The molecule has 0 radical (unpaired) electrons. The highest BCUT2D eigenvalue weighted by molar-refractivity contribution is 5.92. The van der Waals surface area contributed by atoms with Gasteiger partial charge in [-0.3, -0.25) is 4.79 Å². The van der Waals surface area contributed by atoms with Gasteiger partial charge >= 0.3 is 0 Å². The van der Waals surface area contributed by atoms with E-state index in [9.17, 15) is 4.79 Å². The van der Waals surface area contributed by atoms with E-state index < -0.39 is 0 Å². The molecule has 1 aliphatic rings. The SMILES string of the molecule is CC/C=C(/C)C(=O)N1CCOC(C(C)N)C1. The quantitative estimate of drug-likeness (QED) is 0.728. The van der Waals surface area contributed by atoms with Crippen LogP contribution in [0.5, 0.6) is 0 Å². The van der Waals surface area contributed by atoms with Crippen LogP contribution in [0.4, 0.5) is 0 Å². The number of allylic oxidation sites excluding steroid dienone is 1. The summed E-state index contributed by atoms with van der Waals surface area (Å²) in [6, 6.07) is -0.0361. The summed E-state index contributed by atoms with van der Waals surface area (Å²) in [5, 5.41) is 0. The number of nitrogens with two attached hydrogens (primary N) is 1. The third-order valence-electron chi connectivity index (χ3n) is 2.81. The Morgan fingerprint density at radius 2 is 2.38 bits per heavy atom. The van der Waals surface area contributed by atoms with Gasteiger partial charge in [-0.2, -0.15) is 0 Å². The number of carbonyl (C=O) groups is 1. The van der Waals surface area contributed by atoms with Gasteiger partial charge in [0.2, 0.25) is 5.91 Å². The van der Waals surface area contributed by atoms with Crippen LogP contribution >= 0.6 is 0 Å². The van der Waals surface area contributed by atoms with E-state index in [2.05, 4.69) is 0 Å². The Hall–Kier alpha value is -0.870. The molecule has 2 unspecified atom stereocenters. The Labute approximate surface area is 97.4 Å². The predicted octanol–water partition coefficient (Wildman–Crippen LogP) is 0.917. The highest BCUT2D eigenvalue weighted by Gasteiger charge is 2.26. The molecule has 0 bridgehead atoms. The summed E-state index contributed by atoms with van der Waals surface area (Å²) in [6.07, 6.45) is 2.81. The average Bonchev–Trinajstić information content (AvgIpc) is 2.28. The van der Waals surface area contributed by atoms with Crippen LogP contribution in [-0.4, -0.2) is 42.6 Å². The van der Waals surface area contributed by atoms with E-state index in [1.807, 2.05) is 31.7 Å². The lowest BCUT2D eigenvalue weighted by atomic mass is 10.1. The van der Waals surface area contributed by atoms with Crippen molar-refractivity contribution in [1.29, 1.82) is 0 Å². The van der Waals surface area contributed by atoms with E-state index in [4.69, 9.17) is 10.5 Å². The first kappa shape index (κ1) is 13.2. The first-order valence-electron chi connectivity index (χ1n) is 5.89. The van der Waals surface area contributed by atoms with E-state index in [0.29, 0.717) is 19.7 Å². The number of hydrogen-bond donors (Lipinski definition) is 1. The summed E-state index contributed by atoms with van der Waals surface area (Å²) in [6.45, 7) is 7.65. The normalized spacial score (nSPS) is 24.4. The predicted molar refractivity (Wildman–Crippen MR) is 64.0 cm³/mol. The van der Waals surface area contributed by atoms with Gasteiger partial charge in [-0.15, -0.1) is 0 Å². The Morgan fingerprint density at radius 3 is 2.94 bits per heavy atom. The zero-order chi connectivity index (χ0) is 12.1. The van der Waals surface area contributed by atoms with Gasteiger partial charge in [-0.25, -0.2) is 0 Å². The minimum absolute atomic E-state index is 0.0351. The minimum atomic E-state index is -0.0361. The second-order valence-corrected chi connectivity index (χ2v) is 4.31. The van der Waals surface area contributed by atoms with E-state index in [1.54, 1.807) is 0 Å². The van der Waals surface area contributed by atoms with Gasteiger partial charge in [0.25, 0.3) is 0 Å². The molecule has 0 saturated carbocycles. The number of morpholine rings is 1. The van der Waals surface area contributed by atoms with Crippen LogP contribution in [0.2, 0.25) is 0 Å². The van der Waals surface area contributed by atoms with Gasteiger partial charge in [0, 0.05) is 24.7 Å². The van der Waals surface area contributed by atoms with Crippen LogP contribution in [0.25, 0.3) is 0 Å². The van der Waals surface area contributed by atoms with Gasteiger partial charge in [-0.1, -0.05) is 13.0 Å². The lowest BCUT2D eigenvalue weighted by Gasteiger charge is -2.34. The Kier molecular flexibility index (Phi) is 4.96. The molecule has 1 heterocycles. The largest absolute Gasteiger partial charge is 0.373 e. The molecule has 1 aliphatic heterocycles. The first-order valence-corrected chi connectivity index (χ1v) is 5.89. The van der Waals surface area contributed by atoms with Crippen molar-refractivity contribution in [1.82, 2.24) is 4.90 Å². The molecule has 4 nitrogen and oxygen atoms in total. The van der Waals surface area contributed by atoms with Crippen molar-refractivity contribution < 1.29 is 9.53 Å². The molecule has 0 spiro atoms. The second-order valence-electron chi connectivity index (χ2n) is 4.31. The van der Waals surface area contributed by atoms with Crippen LogP contribution in [0.3, 0.4) is 0 Å². The maximum atomic E-state index is 12.0. The monoisotopic (exact) mass is 226 g/mol. The maximum absolute atomic E-state index is 12.0. The van der Waals surface area contributed by atoms with Crippen LogP contribution in [-0.2, 0) is 9.53 Å². The third-order valence-corrected chi connectivity index (χ3v) is 2.81. The average molecular weight is 226 g/mol. The summed E-state index contributed by atoms with van der Waals surface area (Å²) < 4.78 is 5.52. The molecule has 4 heteroatoms. The van der Waals surface area contributed by atoms with E-state index in [1.165, 1.54) is 0 Å². The zero-order valence-electron chi connectivity index (χ0n) is 10.4. The topological polar surface area (TPSA) is 55.6 Å². The lowest BCUT2D eigenvalue weighted by Crippen LogP contribution is -2.51. The van der Waals surface area contributed by atoms with E-state index >= 15 is 0 Å². The number of ether oxygens (including phenoxy) is 1. The van der Waals surface area contributed by atoms with Gasteiger partial charge in [-0.05, 0) is 20.3 Å². The fourth-order valence-corrected chi connectivity index (χ4v) is 1.82. The van der Waals surface area contributed by atoms with E-state index in [-0.39, 0.29) is 18.1 Å². The van der Waals surface area contributed by atoms with Crippen molar-refractivity contribution in [3.05, 3.63) is 11.6 Å². The Morgan fingerprint density at radius 1 is 1.69 bits per heavy atom. The molecule has 0 aromatic heterocycles. The second kappa shape index (κ2) is 6.01. The van der Waals surface area contributed by atoms with Crippen molar-refractivity contribution >= 4 is 5.91 Å². The minimum Gasteiger partial charge on any atom is -0.373 e. The summed E-state index contributed by atoms with van der Waals surface area (Å²) in [4.78, 5) is 13.8. The summed E-state index contributed by atoms with van der Waals surface area (Å²) in [5.74, 6) is 0.107. The number of rotatable bonds is 3. The van der Waals surface area contributed by atoms with Crippen LogP contribution in [0, 0.1) is 0 Å². The zero-order valence-corrected chi connectivity index (χ0v) is 10.4. The summed E-state index contributed by atoms with van der Waals surface area (Å²) in [5.41, 5.74) is 6.60. The molecule has 92 valence electrons. The molecule has 1 saturated heterocycles. The van der Waals surface area contributed by atoms with Gasteiger partial charge in [0.15, 0.2) is 0 Å². The Balaban J connectivity index is 2.60. The number of amides is 1. The fraction of sp³-hybridized carbons (Fsp3) is 0.750. The number of carbonyl (C=O) groups excluding carboxylic acids is 1. The van der Waals surface area contributed by atoms with Crippen LogP contribution in [0.1, 0.15) is 27.2 Å². The summed E-state index contributed by atoms with van der Waals surface area (Å²) in [7, 11) is 0. The van der Waals surface area contributed by atoms with Crippen molar-refractivity contribution in [3.63, 3.8) is 0 Å². The maximum Gasteiger partial charge on any atom is 0.249 e. The van der Waals surface area contributed by atoms with Crippen LogP contribution < -0.4 is 5.73 Å². The van der Waals surface area contributed by atoms with Crippen molar-refractivity contribution in [2.75, 3.05) is 19.7 Å². The highest BCUT2D eigenvalue weighted by atomic mass is 16.5. The molecule has 0 aromatic rings. The highest BCUT2D eigenvalue weighted by Crippen LogP contribution is 2.11. The van der Waals surface area contributed by atoms with Crippen LogP contribution in [0.15, 0.2) is 11.6 Å². The van der Waals surface area contributed by atoms with Gasteiger partial charge < -0.3 is 15.4 Å². The molecular formula is C12H22N2O2. The number of hydrogen-bond acceptors (Lipinski definition) is 3. The van der Waals surface area contributed by atoms with Gasteiger partial charge in [0.1, 0.15) is 0 Å². The fourth-order valence-electron chi connectivity index (χ4n) is 1.82. The molecule has 1 rings (SSSR count). The first-order chi connectivity index (χ1) is 7.56. The molecule has 2 atom stereocenters. The molecule has 1 fully saturated rings. The molecule has 2 N–H and O–H groups in total. The van der Waals surface area contributed by atoms with Gasteiger partial charge in [0.05, 0.1) is 12.7 Å². The Bertz CT molecular complexity index is 274. The van der Waals surface area contributed by atoms with Crippen molar-refractivity contribution in [3.8, 4) is 0 Å².